The highest BCUT2D eigenvalue weighted by Crippen LogP contribution is 2.27. The SMILES string of the molecule is NCc1[nH]cnc1C(=O)NCC1CCc2cc(F)ccc2O1. The molecule has 1 aliphatic rings. The minimum atomic E-state index is -0.282. The van der Waals surface area contributed by atoms with Crippen LogP contribution in [-0.4, -0.2) is 28.5 Å². The third-order valence-electron chi connectivity index (χ3n) is 3.68. The molecule has 1 unspecified atom stereocenters. The van der Waals surface area contributed by atoms with Gasteiger partial charge in [-0.2, -0.15) is 0 Å². The van der Waals surface area contributed by atoms with Crippen molar-refractivity contribution in [2.75, 3.05) is 6.54 Å². The first kappa shape index (κ1) is 14.5. The Hall–Kier alpha value is -2.41. The van der Waals surface area contributed by atoms with Gasteiger partial charge in [-0.3, -0.25) is 4.79 Å². The Morgan fingerprint density at radius 3 is 3.23 bits per heavy atom. The zero-order valence-electron chi connectivity index (χ0n) is 11.9. The van der Waals surface area contributed by atoms with Crippen LogP contribution in [0.15, 0.2) is 24.5 Å². The van der Waals surface area contributed by atoms with E-state index >= 15 is 0 Å². The molecule has 0 radical (unpaired) electrons. The number of nitrogens with zero attached hydrogens (tertiary/aromatic N) is 1. The van der Waals surface area contributed by atoms with Crippen molar-refractivity contribution in [1.82, 2.24) is 15.3 Å². The van der Waals surface area contributed by atoms with E-state index in [2.05, 4.69) is 15.3 Å². The highest BCUT2D eigenvalue weighted by molar-refractivity contribution is 5.93. The number of aromatic amines is 1. The van der Waals surface area contributed by atoms with Gasteiger partial charge in [0, 0.05) is 6.54 Å². The zero-order chi connectivity index (χ0) is 15.5. The van der Waals surface area contributed by atoms with E-state index in [0.717, 1.165) is 18.4 Å². The molecule has 0 fully saturated rings. The van der Waals surface area contributed by atoms with Gasteiger partial charge < -0.3 is 20.8 Å². The summed E-state index contributed by atoms with van der Waals surface area (Å²) in [7, 11) is 0. The Kier molecular flexibility index (Phi) is 4.06. The maximum absolute atomic E-state index is 13.1. The van der Waals surface area contributed by atoms with Gasteiger partial charge in [-0.15, -0.1) is 0 Å². The lowest BCUT2D eigenvalue weighted by molar-refractivity contribution is 0.0913. The molecule has 1 atom stereocenters. The Morgan fingerprint density at radius 1 is 1.55 bits per heavy atom. The molecule has 1 aromatic heterocycles. The molecular weight excluding hydrogens is 287 g/mol. The van der Waals surface area contributed by atoms with Gasteiger partial charge >= 0.3 is 0 Å². The van der Waals surface area contributed by atoms with Gasteiger partial charge in [0.2, 0.25) is 0 Å². The molecule has 3 rings (SSSR count). The molecule has 1 amide bonds. The fourth-order valence-electron chi connectivity index (χ4n) is 2.52. The number of H-pyrrole nitrogens is 1. The van der Waals surface area contributed by atoms with Crippen LogP contribution in [0.5, 0.6) is 5.75 Å². The van der Waals surface area contributed by atoms with Crippen LogP contribution >= 0.6 is 0 Å². The van der Waals surface area contributed by atoms with Crippen molar-refractivity contribution >= 4 is 5.91 Å². The fraction of sp³-hybridized carbons (Fsp3) is 0.333. The Labute approximate surface area is 126 Å². The molecule has 2 heterocycles. The number of fused-ring (bicyclic) bond motifs is 1. The van der Waals surface area contributed by atoms with Crippen LogP contribution in [0.3, 0.4) is 0 Å². The van der Waals surface area contributed by atoms with Gasteiger partial charge in [0.15, 0.2) is 0 Å². The maximum atomic E-state index is 13.1. The summed E-state index contributed by atoms with van der Waals surface area (Å²) in [4.78, 5) is 18.9. The van der Waals surface area contributed by atoms with E-state index in [1.54, 1.807) is 6.07 Å². The number of aryl methyl sites for hydroxylation is 1. The number of imidazole rings is 1. The lowest BCUT2D eigenvalue weighted by atomic mass is 10.0. The molecule has 0 aliphatic carbocycles. The number of hydrogen-bond donors (Lipinski definition) is 3. The molecule has 116 valence electrons. The van der Waals surface area contributed by atoms with Crippen molar-refractivity contribution in [1.29, 1.82) is 0 Å². The summed E-state index contributed by atoms with van der Waals surface area (Å²) < 4.78 is 18.9. The average molecular weight is 304 g/mol. The molecule has 0 bridgehead atoms. The minimum Gasteiger partial charge on any atom is -0.488 e. The summed E-state index contributed by atoms with van der Waals surface area (Å²) in [6, 6.07) is 4.48. The number of rotatable bonds is 4. The van der Waals surface area contributed by atoms with Crippen molar-refractivity contribution in [3.63, 3.8) is 0 Å². The summed E-state index contributed by atoms with van der Waals surface area (Å²) in [6.07, 6.45) is 2.76. The first-order valence-electron chi connectivity index (χ1n) is 7.13. The van der Waals surface area contributed by atoms with E-state index in [-0.39, 0.29) is 24.4 Å². The summed E-state index contributed by atoms with van der Waals surface area (Å²) in [5, 5.41) is 2.80. The molecule has 0 spiro atoms. The Balaban J connectivity index is 1.59. The number of halogens is 1. The lowest BCUT2D eigenvalue weighted by Gasteiger charge is -2.26. The average Bonchev–Trinajstić information content (AvgIpc) is 3.01. The van der Waals surface area contributed by atoms with Gasteiger partial charge in [0.05, 0.1) is 18.6 Å². The molecule has 0 saturated carbocycles. The van der Waals surface area contributed by atoms with Crippen molar-refractivity contribution in [3.05, 3.63) is 47.3 Å². The molecule has 22 heavy (non-hydrogen) atoms. The number of amides is 1. The third kappa shape index (κ3) is 2.94. The van der Waals surface area contributed by atoms with Gasteiger partial charge in [0.25, 0.3) is 5.91 Å². The largest absolute Gasteiger partial charge is 0.488 e. The highest BCUT2D eigenvalue weighted by Gasteiger charge is 2.22. The van der Waals surface area contributed by atoms with E-state index in [1.165, 1.54) is 18.5 Å². The molecule has 0 saturated heterocycles. The minimum absolute atomic E-state index is 0.137. The molecular formula is C15H17FN4O2. The number of nitrogens with one attached hydrogen (secondary N) is 2. The third-order valence-corrected chi connectivity index (χ3v) is 3.68. The van der Waals surface area contributed by atoms with E-state index < -0.39 is 0 Å². The number of carbonyl (C=O) groups is 1. The topological polar surface area (TPSA) is 93.0 Å². The molecule has 4 N–H and O–H groups in total. The molecule has 7 heteroatoms. The molecule has 2 aromatic rings. The fourth-order valence-corrected chi connectivity index (χ4v) is 2.52. The maximum Gasteiger partial charge on any atom is 0.271 e. The predicted molar refractivity (Wildman–Crippen MR) is 77.9 cm³/mol. The van der Waals surface area contributed by atoms with Crippen LogP contribution < -0.4 is 15.8 Å². The monoisotopic (exact) mass is 304 g/mol. The van der Waals surface area contributed by atoms with Crippen molar-refractivity contribution < 1.29 is 13.9 Å². The Morgan fingerprint density at radius 2 is 2.41 bits per heavy atom. The van der Waals surface area contributed by atoms with Crippen LogP contribution in [-0.2, 0) is 13.0 Å². The Bertz CT molecular complexity index is 686. The standard InChI is InChI=1S/C15H17FN4O2/c16-10-2-4-13-9(5-10)1-3-11(22-13)7-18-15(21)14-12(6-17)19-8-20-14/h2,4-5,8,11H,1,3,6-7,17H2,(H,18,21)(H,19,20). The molecule has 1 aliphatic heterocycles. The van der Waals surface area contributed by atoms with Crippen LogP contribution in [0.25, 0.3) is 0 Å². The number of aromatic nitrogens is 2. The quantitative estimate of drug-likeness (QED) is 0.789. The van der Waals surface area contributed by atoms with Crippen molar-refractivity contribution in [2.45, 2.75) is 25.5 Å². The van der Waals surface area contributed by atoms with Gasteiger partial charge in [-0.1, -0.05) is 0 Å². The van der Waals surface area contributed by atoms with E-state index in [0.29, 0.717) is 23.7 Å². The van der Waals surface area contributed by atoms with Gasteiger partial charge in [-0.25, -0.2) is 9.37 Å². The first-order valence-corrected chi connectivity index (χ1v) is 7.13. The summed E-state index contributed by atoms with van der Waals surface area (Å²) in [6.45, 7) is 0.591. The van der Waals surface area contributed by atoms with Crippen LogP contribution in [0.1, 0.15) is 28.2 Å². The van der Waals surface area contributed by atoms with Crippen LogP contribution in [0.4, 0.5) is 4.39 Å². The predicted octanol–water partition coefficient (Wildman–Crippen LogP) is 1.13. The van der Waals surface area contributed by atoms with E-state index in [1.807, 2.05) is 0 Å². The van der Waals surface area contributed by atoms with Crippen LogP contribution in [0, 0.1) is 5.82 Å². The highest BCUT2D eigenvalue weighted by atomic mass is 19.1. The first-order chi connectivity index (χ1) is 10.7. The molecule has 6 nitrogen and oxygen atoms in total. The summed E-state index contributed by atoms with van der Waals surface area (Å²) in [5.74, 6) is 0.131. The second-order valence-corrected chi connectivity index (χ2v) is 5.17. The number of hydrogen-bond acceptors (Lipinski definition) is 4. The summed E-state index contributed by atoms with van der Waals surface area (Å²) >= 11 is 0. The zero-order valence-corrected chi connectivity index (χ0v) is 11.9. The van der Waals surface area contributed by atoms with Crippen molar-refractivity contribution in [3.8, 4) is 5.75 Å². The second-order valence-electron chi connectivity index (χ2n) is 5.17. The summed E-state index contributed by atoms with van der Waals surface area (Å²) in [5.41, 5.74) is 7.30. The van der Waals surface area contributed by atoms with Gasteiger partial charge in [-0.05, 0) is 36.6 Å². The van der Waals surface area contributed by atoms with E-state index in [9.17, 15) is 9.18 Å². The smallest absolute Gasteiger partial charge is 0.271 e. The lowest BCUT2D eigenvalue weighted by Crippen LogP contribution is -2.37. The number of carbonyl (C=O) groups excluding carboxylic acids is 1. The van der Waals surface area contributed by atoms with Gasteiger partial charge in [0.1, 0.15) is 23.4 Å². The normalized spacial score (nSPS) is 16.7. The number of nitrogens with two attached hydrogens (primary N) is 1. The number of ether oxygens (including phenoxy) is 1. The second kappa shape index (κ2) is 6.15. The van der Waals surface area contributed by atoms with Crippen LogP contribution in [0.2, 0.25) is 0 Å². The van der Waals surface area contributed by atoms with Crippen molar-refractivity contribution in [2.24, 2.45) is 5.73 Å². The number of benzene rings is 1. The van der Waals surface area contributed by atoms with E-state index in [4.69, 9.17) is 10.5 Å². The molecule has 1 aromatic carbocycles.